The number of carbonyl (C=O) groups is 1. The summed E-state index contributed by atoms with van der Waals surface area (Å²) in [5, 5.41) is 9.11. The van der Waals surface area contributed by atoms with E-state index >= 15 is 0 Å². The van der Waals surface area contributed by atoms with E-state index in [-0.39, 0.29) is 27.9 Å². The highest BCUT2D eigenvalue weighted by atomic mass is 79.9. The number of nitrogens with zero attached hydrogens (tertiary/aromatic N) is 3. The summed E-state index contributed by atoms with van der Waals surface area (Å²) in [6.45, 7) is 3.86. The van der Waals surface area contributed by atoms with Gasteiger partial charge >= 0.3 is 0 Å². The topological polar surface area (TPSA) is 142 Å². The number of nitrogens with one attached hydrogen (secondary N) is 3. The van der Waals surface area contributed by atoms with Gasteiger partial charge in [0.2, 0.25) is 16.0 Å². The molecule has 1 saturated heterocycles. The fraction of sp³-hybridized carbons (Fsp3) is 0.227. The second-order valence-electron chi connectivity index (χ2n) is 7.80. The van der Waals surface area contributed by atoms with Gasteiger partial charge in [0.1, 0.15) is 11.6 Å². The van der Waals surface area contributed by atoms with Crippen molar-refractivity contribution in [2.24, 2.45) is 5.73 Å². The van der Waals surface area contributed by atoms with Crippen molar-refractivity contribution in [1.29, 1.82) is 0 Å². The molecule has 0 atom stereocenters. The van der Waals surface area contributed by atoms with Gasteiger partial charge in [0.05, 0.1) is 20.6 Å². The average Bonchev–Trinajstić information content (AvgIpc) is 2.82. The van der Waals surface area contributed by atoms with Gasteiger partial charge in [-0.3, -0.25) is 4.79 Å². The van der Waals surface area contributed by atoms with Crippen molar-refractivity contribution in [3.63, 3.8) is 0 Å². The van der Waals surface area contributed by atoms with Crippen LogP contribution in [0.15, 0.2) is 52.0 Å². The molecule has 0 unspecified atom stereocenters. The summed E-state index contributed by atoms with van der Waals surface area (Å²) >= 11 is 3.34. The molecule has 2 aromatic carbocycles. The van der Waals surface area contributed by atoms with E-state index in [0.717, 1.165) is 6.07 Å². The molecule has 184 valence electrons. The summed E-state index contributed by atoms with van der Waals surface area (Å²) in [7, 11) is -3.59. The number of primary amides is 1. The normalized spacial score (nSPS) is 14.5. The quantitative estimate of drug-likeness (QED) is 0.343. The van der Waals surface area contributed by atoms with E-state index in [4.69, 9.17) is 5.73 Å². The van der Waals surface area contributed by atoms with E-state index in [0.29, 0.717) is 41.9 Å². The van der Waals surface area contributed by atoms with Crippen LogP contribution in [0.4, 0.5) is 27.5 Å². The first kappa shape index (κ1) is 25.0. The molecule has 1 fully saturated rings. The molecule has 35 heavy (non-hydrogen) atoms. The van der Waals surface area contributed by atoms with Gasteiger partial charge in [0.25, 0.3) is 5.91 Å². The van der Waals surface area contributed by atoms with E-state index in [2.05, 4.69) is 41.8 Å². The van der Waals surface area contributed by atoms with Gasteiger partial charge < -0.3 is 21.7 Å². The van der Waals surface area contributed by atoms with Gasteiger partial charge in [-0.15, -0.1) is 0 Å². The molecule has 0 aliphatic carbocycles. The number of anilines is 4. The number of rotatable bonds is 7. The molecule has 3 aromatic rings. The maximum Gasteiger partial charge on any atom is 0.253 e. The Labute approximate surface area is 210 Å². The van der Waals surface area contributed by atoms with Crippen molar-refractivity contribution in [2.45, 2.75) is 11.8 Å². The molecule has 0 radical (unpaired) electrons. The van der Waals surface area contributed by atoms with Crippen LogP contribution in [0.1, 0.15) is 15.9 Å². The average molecular weight is 564 g/mol. The molecule has 4 rings (SSSR count). The van der Waals surface area contributed by atoms with Crippen LogP contribution in [-0.4, -0.2) is 54.8 Å². The fourth-order valence-corrected chi connectivity index (χ4v) is 5.43. The Hall–Kier alpha value is -3.13. The Balaban J connectivity index is 1.57. The van der Waals surface area contributed by atoms with Crippen LogP contribution in [0.3, 0.4) is 0 Å². The lowest BCUT2D eigenvalue weighted by Gasteiger charge is -2.26. The largest absolute Gasteiger partial charge is 0.365 e. The van der Waals surface area contributed by atoms with Gasteiger partial charge in [0, 0.05) is 38.1 Å². The first-order chi connectivity index (χ1) is 16.7. The molecule has 1 aliphatic rings. The summed E-state index contributed by atoms with van der Waals surface area (Å²) in [6.07, 6.45) is 1.49. The highest BCUT2D eigenvalue weighted by Gasteiger charge is 2.26. The van der Waals surface area contributed by atoms with Crippen molar-refractivity contribution in [2.75, 3.05) is 36.8 Å². The number of benzene rings is 2. The first-order valence-electron chi connectivity index (χ1n) is 10.6. The maximum absolute atomic E-state index is 14.1. The zero-order chi connectivity index (χ0) is 25.2. The van der Waals surface area contributed by atoms with Crippen molar-refractivity contribution in [1.82, 2.24) is 19.6 Å². The van der Waals surface area contributed by atoms with Crippen molar-refractivity contribution >= 4 is 55.0 Å². The van der Waals surface area contributed by atoms with Crippen LogP contribution in [-0.2, 0) is 10.0 Å². The third-order valence-electron chi connectivity index (χ3n) is 5.42. The standard InChI is InChI=1S/C22H23BrFN7O3S/c1-13-11-14(35(33,34)31-9-7-26-8-10-31)5-6-17(13)29-22-27-12-15(23)21(30-22)28-18-4-2-3-16(24)19(18)20(25)32/h2-6,11-12,26H,7-10H2,1H3,(H2,25,32)(H2,27,28,29,30). The third kappa shape index (κ3) is 5.42. The highest BCUT2D eigenvalue weighted by Crippen LogP contribution is 2.29. The number of hydrogen-bond donors (Lipinski definition) is 4. The minimum atomic E-state index is -3.59. The first-order valence-corrected chi connectivity index (χ1v) is 12.9. The lowest BCUT2D eigenvalue weighted by Crippen LogP contribution is -2.46. The zero-order valence-electron chi connectivity index (χ0n) is 18.7. The summed E-state index contributed by atoms with van der Waals surface area (Å²) in [5.41, 5.74) is 6.48. The number of carbonyl (C=O) groups excluding carboxylic acids is 1. The van der Waals surface area contributed by atoms with E-state index in [9.17, 15) is 17.6 Å². The second-order valence-corrected chi connectivity index (χ2v) is 10.6. The Morgan fingerprint density at radius 2 is 1.91 bits per heavy atom. The fourth-order valence-electron chi connectivity index (χ4n) is 3.61. The van der Waals surface area contributed by atoms with Gasteiger partial charge in [-0.05, 0) is 58.7 Å². The predicted molar refractivity (Wildman–Crippen MR) is 134 cm³/mol. The monoisotopic (exact) mass is 563 g/mol. The molecular weight excluding hydrogens is 541 g/mol. The van der Waals surface area contributed by atoms with Gasteiger partial charge in [-0.1, -0.05) is 6.07 Å². The molecule has 2 heterocycles. The van der Waals surface area contributed by atoms with E-state index in [1.54, 1.807) is 19.1 Å². The number of halogens is 2. The summed E-state index contributed by atoms with van der Waals surface area (Å²) in [4.78, 5) is 20.5. The number of hydrogen-bond acceptors (Lipinski definition) is 8. The number of aromatic nitrogens is 2. The molecule has 0 bridgehead atoms. The minimum absolute atomic E-state index is 0.154. The van der Waals surface area contributed by atoms with Crippen molar-refractivity contribution in [3.05, 3.63) is 64.0 Å². The Morgan fingerprint density at radius 3 is 2.60 bits per heavy atom. The number of sulfonamides is 1. The van der Waals surface area contributed by atoms with Crippen LogP contribution < -0.4 is 21.7 Å². The molecule has 1 aliphatic heterocycles. The number of piperazine rings is 1. The number of aryl methyl sites for hydroxylation is 1. The van der Waals surface area contributed by atoms with Gasteiger partial charge in [-0.25, -0.2) is 17.8 Å². The maximum atomic E-state index is 14.1. The third-order valence-corrected chi connectivity index (χ3v) is 7.89. The van der Waals surface area contributed by atoms with Gasteiger partial charge in [-0.2, -0.15) is 9.29 Å². The number of amides is 1. The number of nitrogens with two attached hydrogens (primary N) is 1. The van der Waals surface area contributed by atoms with Crippen LogP contribution in [0.2, 0.25) is 0 Å². The lowest BCUT2D eigenvalue weighted by atomic mass is 10.1. The van der Waals surface area contributed by atoms with Crippen molar-refractivity contribution in [3.8, 4) is 0 Å². The highest BCUT2D eigenvalue weighted by molar-refractivity contribution is 9.10. The summed E-state index contributed by atoms with van der Waals surface area (Å²) in [5.74, 6) is -1.20. The predicted octanol–water partition coefficient (Wildman–Crippen LogP) is 2.87. The molecule has 0 spiro atoms. The molecule has 0 saturated carbocycles. The SMILES string of the molecule is Cc1cc(S(=O)(=O)N2CCNCC2)ccc1Nc1ncc(Br)c(Nc2cccc(F)c2C(N)=O)n1. The zero-order valence-corrected chi connectivity index (χ0v) is 21.1. The molecule has 1 amide bonds. The van der Waals surface area contributed by atoms with E-state index < -0.39 is 21.7 Å². The van der Waals surface area contributed by atoms with Crippen LogP contribution in [0.25, 0.3) is 0 Å². The molecule has 13 heteroatoms. The molecule has 10 nitrogen and oxygen atoms in total. The van der Waals surface area contributed by atoms with E-state index in [1.807, 2.05) is 0 Å². The molecular formula is C22H23BrFN7O3S. The lowest BCUT2D eigenvalue weighted by molar-refractivity contribution is 0.0997. The summed E-state index contributed by atoms with van der Waals surface area (Å²) in [6, 6.07) is 8.88. The molecule has 5 N–H and O–H groups in total. The Kier molecular flexibility index (Phi) is 7.31. The van der Waals surface area contributed by atoms with Crippen LogP contribution in [0.5, 0.6) is 0 Å². The second kappa shape index (κ2) is 10.2. The molecule has 1 aromatic heterocycles. The van der Waals surface area contributed by atoms with Crippen molar-refractivity contribution < 1.29 is 17.6 Å². The summed E-state index contributed by atoms with van der Waals surface area (Å²) < 4.78 is 41.9. The minimum Gasteiger partial charge on any atom is -0.365 e. The Bertz CT molecular complexity index is 1380. The van der Waals surface area contributed by atoms with Gasteiger partial charge in [0.15, 0.2) is 0 Å². The van der Waals surface area contributed by atoms with Crippen LogP contribution in [0, 0.1) is 12.7 Å². The smallest absolute Gasteiger partial charge is 0.253 e. The Morgan fingerprint density at radius 1 is 1.17 bits per heavy atom. The van der Waals surface area contributed by atoms with E-state index in [1.165, 1.54) is 28.7 Å². The van der Waals surface area contributed by atoms with Crippen LogP contribution >= 0.6 is 15.9 Å².